The van der Waals surface area contributed by atoms with E-state index in [0.717, 1.165) is 50.8 Å². The van der Waals surface area contributed by atoms with Crippen molar-refractivity contribution in [1.82, 2.24) is 4.57 Å². The first-order valence-electron chi connectivity index (χ1n) is 20.7. The second-order valence-corrected chi connectivity index (χ2v) is 15.6. The van der Waals surface area contributed by atoms with Crippen LogP contribution in [0.4, 0.5) is 34.1 Å². The van der Waals surface area contributed by atoms with Crippen LogP contribution in [0.15, 0.2) is 224 Å². The van der Waals surface area contributed by atoms with E-state index < -0.39 is 5.41 Å². The number of rotatable bonds is 7. The summed E-state index contributed by atoms with van der Waals surface area (Å²) in [5.41, 5.74) is 14.3. The van der Waals surface area contributed by atoms with E-state index in [1.807, 2.05) is 48.5 Å². The number of fused-ring (bicyclic) bond motifs is 5. The molecule has 0 saturated carbocycles. The van der Waals surface area contributed by atoms with Gasteiger partial charge in [0.15, 0.2) is 0 Å². The quantitative estimate of drug-likeness (QED) is 0.161. The molecule has 5 heteroatoms. The first-order chi connectivity index (χ1) is 30.7. The summed E-state index contributed by atoms with van der Waals surface area (Å²) in [6, 6.07) is 83.4. The SMILES string of the molecule is N#Cc1ccc(N(c2ccc(C#N)cc2)c2cc(N3c4ccccc4C(c4ccccc4)(c4ccccc4)c4ccccc43)cc(-n3c4ccccc4c4ccccc43)c2)cc1. The number of nitrogens with zero attached hydrogens (tertiary/aromatic N) is 5. The minimum absolute atomic E-state index is 0.579. The summed E-state index contributed by atoms with van der Waals surface area (Å²) < 4.78 is 2.37. The number of para-hydroxylation sites is 4. The topological polar surface area (TPSA) is 59.0 Å². The maximum Gasteiger partial charge on any atom is 0.0991 e. The molecule has 290 valence electrons. The van der Waals surface area contributed by atoms with Crippen molar-refractivity contribution in [3.05, 3.63) is 258 Å². The predicted octanol–water partition coefficient (Wildman–Crippen LogP) is 14.2. The number of benzene rings is 9. The molecule has 11 rings (SSSR count). The van der Waals surface area contributed by atoms with E-state index in [-0.39, 0.29) is 0 Å². The van der Waals surface area contributed by atoms with Crippen molar-refractivity contribution in [2.75, 3.05) is 9.80 Å². The third-order valence-electron chi connectivity index (χ3n) is 12.3. The van der Waals surface area contributed by atoms with E-state index in [9.17, 15) is 10.5 Å². The molecule has 0 aliphatic carbocycles. The zero-order valence-corrected chi connectivity index (χ0v) is 33.6. The third-order valence-corrected chi connectivity index (χ3v) is 12.3. The van der Waals surface area contributed by atoms with Crippen molar-refractivity contribution in [2.24, 2.45) is 0 Å². The molecule has 0 atom stereocenters. The van der Waals surface area contributed by atoms with Crippen LogP contribution in [0.2, 0.25) is 0 Å². The molecule has 62 heavy (non-hydrogen) atoms. The molecule has 0 bridgehead atoms. The lowest BCUT2D eigenvalue weighted by Gasteiger charge is -2.46. The highest BCUT2D eigenvalue weighted by atomic mass is 15.2. The van der Waals surface area contributed by atoms with E-state index in [1.54, 1.807) is 0 Å². The Morgan fingerprint density at radius 1 is 0.387 bits per heavy atom. The Hall–Kier alpha value is -8.64. The molecule has 0 spiro atoms. The average molecular weight is 792 g/mol. The maximum atomic E-state index is 9.79. The molecule has 0 fully saturated rings. The van der Waals surface area contributed by atoms with Gasteiger partial charge in [0, 0.05) is 22.1 Å². The van der Waals surface area contributed by atoms with Crippen LogP contribution in [0.1, 0.15) is 33.4 Å². The summed E-state index contributed by atoms with van der Waals surface area (Å²) in [6.45, 7) is 0. The zero-order valence-electron chi connectivity index (χ0n) is 33.6. The van der Waals surface area contributed by atoms with Crippen molar-refractivity contribution in [3.63, 3.8) is 0 Å². The molecule has 5 nitrogen and oxygen atoms in total. The van der Waals surface area contributed by atoms with E-state index >= 15 is 0 Å². The van der Waals surface area contributed by atoms with Crippen LogP contribution in [0, 0.1) is 22.7 Å². The molecule has 0 saturated heterocycles. The van der Waals surface area contributed by atoms with Gasteiger partial charge in [-0.1, -0.05) is 133 Å². The van der Waals surface area contributed by atoms with E-state index in [2.05, 4.69) is 202 Å². The minimum Gasteiger partial charge on any atom is -0.310 e. The van der Waals surface area contributed by atoms with Gasteiger partial charge in [-0.25, -0.2) is 0 Å². The summed E-state index contributed by atoms with van der Waals surface area (Å²) in [6.07, 6.45) is 0. The standard InChI is InChI=1S/C57H37N5/c58-38-40-27-31-44(32-28-40)60(45-33-29-41(39-59)30-34-45)46-35-47(61-53-23-11-7-19-49(53)50-20-8-12-24-54(50)61)37-48(36-46)62-55-25-13-9-21-51(55)57(42-15-3-1-4-16-42,43-17-5-2-6-18-43)52-22-10-14-26-56(52)62/h1-37H. The maximum absolute atomic E-state index is 9.79. The Morgan fingerprint density at radius 3 is 1.29 bits per heavy atom. The Morgan fingerprint density at radius 2 is 0.806 bits per heavy atom. The monoisotopic (exact) mass is 791 g/mol. The van der Waals surface area contributed by atoms with Crippen LogP contribution < -0.4 is 9.80 Å². The summed E-state index contributed by atoms with van der Waals surface area (Å²) in [5.74, 6) is 0. The molecular weight excluding hydrogens is 755 g/mol. The Labute approximate surface area is 360 Å². The van der Waals surface area contributed by atoms with Crippen LogP contribution in [-0.2, 0) is 5.41 Å². The lowest BCUT2D eigenvalue weighted by atomic mass is 9.62. The molecular formula is C57H37N5. The third kappa shape index (κ3) is 5.69. The van der Waals surface area contributed by atoms with Gasteiger partial charge >= 0.3 is 0 Å². The lowest BCUT2D eigenvalue weighted by Crippen LogP contribution is -2.37. The highest BCUT2D eigenvalue weighted by Crippen LogP contribution is 2.58. The second-order valence-electron chi connectivity index (χ2n) is 15.6. The largest absolute Gasteiger partial charge is 0.310 e. The molecule has 0 radical (unpaired) electrons. The summed E-state index contributed by atoms with van der Waals surface area (Å²) in [7, 11) is 0. The lowest BCUT2D eigenvalue weighted by molar-refractivity contribution is 0.731. The van der Waals surface area contributed by atoms with Gasteiger partial charge in [0.2, 0.25) is 0 Å². The van der Waals surface area contributed by atoms with Crippen molar-refractivity contribution >= 4 is 55.9 Å². The molecule has 0 amide bonds. The zero-order chi connectivity index (χ0) is 41.6. The second kappa shape index (κ2) is 14.9. The fourth-order valence-electron chi connectivity index (χ4n) is 9.67. The first kappa shape index (κ1) is 36.4. The number of aromatic nitrogens is 1. The van der Waals surface area contributed by atoms with Crippen LogP contribution >= 0.6 is 0 Å². The highest BCUT2D eigenvalue weighted by molar-refractivity contribution is 6.09. The first-order valence-corrected chi connectivity index (χ1v) is 20.7. The Kier molecular flexibility index (Phi) is 8.74. The van der Waals surface area contributed by atoms with Gasteiger partial charge in [-0.2, -0.15) is 10.5 Å². The summed E-state index contributed by atoms with van der Waals surface area (Å²) in [4.78, 5) is 4.63. The molecule has 2 heterocycles. The van der Waals surface area contributed by atoms with Gasteiger partial charge in [0.05, 0.1) is 68.2 Å². The van der Waals surface area contributed by atoms with Gasteiger partial charge in [0.25, 0.3) is 0 Å². The fourth-order valence-corrected chi connectivity index (χ4v) is 9.67. The highest BCUT2D eigenvalue weighted by Gasteiger charge is 2.46. The van der Waals surface area contributed by atoms with E-state index in [1.165, 1.54) is 33.0 Å². The molecule has 10 aromatic rings. The average Bonchev–Trinajstić information content (AvgIpc) is 3.68. The van der Waals surface area contributed by atoms with Gasteiger partial charge in [0.1, 0.15) is 0 Å². The molecule has 9 aromatic carbocycles. The Balaban J connectivity index is 1.24. The van der Waals surface area contributed by atoms with Crippen molar-refractivity contribution in [3.8, 4) is 17.8 Å². The van der Waals surface area contributed by atoms with Crippen LogP contribution in [-0.4, -0.2) is 4.57 Å². The van der Waals surface area contributed by atoms with Crippen LogP contribution in [0.3, 0.4) is 0 Å². The minimum atomic E-state index is -0.615. The van der Waals surface area contributed by atoms with Crippen molar-refractivity contribution < 1.29 is 0 Å². The van der Waals surface area contributed by atoms with Crippen LogP contribution in [0.5, 0.6) is 0 Å². The van der Waals surface area contributed by atoms with Gasteiger partial charge in [-0.3, -0.25) is 0 Å². The summed E-state index contributed by atoms with van der Waals surface area (Å²) in [5, 5.41) is 21.9. The number of nitriles is 2. The van der Waals surface area contributed by atoms with Crippen molar-refractivity contribution in [2.45, 2.75) is 5.41 Å². The molecule has 0 unspecified atom stereocenters. The molecule has 1 aliphatic heterocycles. The number of hydrogen-bond donors (Lipinski definition) is 0. The van der Waals surface area contributed by atoms with E-state index in [4.69, 9.17) is 0 Å². The van der Waals surface area contributed by atoms with Gasteiger partial charge in [-0.15, -0.1) is 0 Å². The van der Waals surface area contributed by atoms with Gasteiger partial charge < -0.3 is 14.4 Å². The number of anilines is 6. The predicted molar refractivity (Wildman–Crippen MR) is 251 cm³/mol. The van der Waals surface area contributed by atoms with Crippen LogP contribution in [0.25, 0.3) is 27.5 Å². The normalized spacial score (nSPS) is 12.6. The summed E-state index contributed by atoms with van der Waals surface area (Å²) >= 11 is 0. The fraction of sp³-hybridized carbons (Fsp3) is 0.0175. The number of hydrogen-bond acceptors (Lipinski definition) is 4. The smallest absolute Gasteiger partial charge is 0.0991 e. The molecule has 1 aliphatic rings. The molecule has 0 N–H and O–H groups in total. The van der Waals surface area contributed by atoms with Crippen molar-refractivity contribution in [1.29, 1.82) is 10.5 Å². The van der Waals surface area contributed by atoms with E-state index in [0.29, 0.717) is 11.1 Å². The van der Waals surface area contributed by atoms with Gasteiger partial charge in [-0.05, 0) is 113 Å². The molecule has 1 aromatic heterocycles. The Bertz CT molecular complexity index is 3170.